The van der Waals surface area contributed by atoms with Gasteiger partial charge in [-0.05, 0) is 43.5 Å². The summed E-state index contributed by atoms with van der Waals surface area (Å²) in [7, 11) is 3.28. The average Bonchev–Trinajstić information content (AvgIpc) is 3.06. The highest BCUT2D eigenvalue weighted by Crippen LogP contribution is 2.42. The molecule has 0 atom stereocenters. The number of rotatable bonds is 4. The van der Waals surface area contributed by atoms with E-state index in [0.29, 0.717) is 5.95 Å². The number of carbonyl (C=O) groups is 1. The van der Waals surface area contributed by atoms with Crippen molar-refractivity contribution >= 4 is 34.2 Å². The molecular formula is C21H25N5O2. The van der Waals surface area contributed by atoms with Gasteiger partial charge in [0.15, 0.2) is 0 Å². The van der Waals surface area contributed by atoms with E-state index in [1.165, 1.54) is 23.7 Å². The molecule has 3 aromatic rings. The van der Waals surface area contributed by atoms with Crippen molar-refractivity contribution < 1.29 is 9.53 Å². The van der Waals surface area contributed by atoms with Gasteiger partial charge < -0.3 is 19.5 Å². The predicted octanol–water partition coefficient (Wildman–Crippen LogP) is 3.27. The van der Waals surface area contributed by atoms with Crippen LogP contribution in [0.4, 0.5) is 17.3 Å². The molecule has 0 radical (unpaired) electrons. The van der Waals surface area contributed by atoms with E-state index in [2.05, 4.69) is 51.6 Å². The summed E-state index contributed by atoms with van der Waals surface area (Å²) in [5, 5.41) is 4.23. The topological polar surface area (TPSA) is 72.3 Å². The molecule has 7 heteroatoms. The maximum Gasteiger partial charge on any atom is 0.309 e. The highest BCUT2D eigenvalue weighted by Gasteiger charge is 2.29. The Morgan fingerprint density at radius 1 is 1.18 bits per heavy atom. The van der Waals surface area contributed by atoms with Crippen LogP contribution in [-0.2, 0) is 22.5 Å². The van der Waals surface area contributed by atoms with Crippen LogP contribution in [0.3, 0.4) is 0 Å². The van der Waals surface area contributed by atoms with Gasteiger partial charge in [0, 0.05) is 31.2 Å². The molecule has 0 bridgehead atoms. The SMILES string of the molecule is CNc1cnc(N2CCn3c(C)cc4c(C)c(CC(=O)OC)c(C)c2c43)nc1. The van der Waals surface area contributed by atoms with E-state index in [9.17, 15) is 4.79 Å². The van der Waals surface area contributed by atoms with Gasteiger partial charge in [0.1, 0.15) is 0 Å². The summed E-state index contributed by atoms with van der Waals surface area (Å²) >= 11 is 0. The minimum Gasteiger partial charge on any atom is -0.469 e. The number of esters is 1. The zero-order valence-electron chi connectivity index (χ0n) is 17.0. The summed E-state index contributed by atoms with van der Waals surface area (Å²) in [6, 6.07) is 2.21. The number of carbonyl (C=O) groups excluding carboxylic acids is 1. The lowest BCUT2D eigenvalue weighted by molar-refractivity contribution is -0.139. The molecule has 0 saturated carbocycles. The molecule has 0 fully saturated rings. The number of hydrogen-bond acceptors (Lipinski definition) is 6. The molecule has 1 N–H and O–H groups in total. The van der Waals surface area contributed by atoms with Crippen molar-refractivity contribution in [1.82, 2.24) is 14.5 Å². The molecule has 0 amide bonds. The Morgan fingerprint density at radius 2 is 1.89 bits per heavy atom. The predicted molar refractivity (Wildman–Crippen MR) is 110 cm³/mol. The smallest absolute Gasteiger partial charge is 0.309 e. The van der Waals surface area contributed by atoms with Crippen LogP contribution in [0.5, 0.6) is 0 Å². The second kappa shape index (κ2) is 6.82. The Hall–Kier alpha value is -3.09. The van der Waals surface area contributed by atoms with Crippen molar-refractivity contribution in [1.29, 1.82) is 0 Å². The molecule has 0 aliphatic carbocycles. The maximum atomic E-state index is 12.1. The highest BCUT2D eigenvalue weighted by atomic mass is 16.5. The second-order valence-corrected chi connectivity index (χ2v) is 7.20. The minimum absolute atomic E-state index is 0.231. The van der Waals surface area contributed by atoms with Crippen LogP contribution >= 0.6 is 0 Å². The van der Waals surface area contributed by atoms with Crippen LogP contribution in [0.15, 0.2) is 18.5 Å². The average molecular weight is 379 g/mol. The standard InChI is InChI=1S/C21H25N5O2/c1-12-8-17-13(2)16(9-18(27)28-5)14(3)19-20(17)25(12)6-7-26(19)21-23-10-15(22-4)11-24-21/h8,10-11,22H,6-7,9H2,1-5H3. The van der Waals surface area contributed by atoms with Gasteiger partial charge >= 0.3 is 5.97 Å². The molecule has 4 rings (SSSR count). The third-order valence-electron chi connectivity index (χ3n) is 5.73. The highest BCUT2D eigenvalue weighted by molar-refractivity contribution is 6.00. The molecule has 28 heavy (non-hydrogen) atoms. The van der Waals surface area contributed by atoms with Gasteiger partial charge in [-0.1, -0.05) is 0 Å². The zero-order valence-corrected chi connectivity index (χ0v) is 17.0. The normalized spacial score (nSPS) is 13.1. The van der Waals surface area contributed by atoms with Crippen LogP contribution in [-0.4, -0.2) is 41.2 Å². The molecule has 146 valence electrons. The van der Waals surface area contributed by atoms with E-state index in [-0.39, 0.29) is 12.4 Å². The Morgan fingerprint density at radius 3 is 2.54 bits per heavy atom. The quantitative estimate of drug-likeness (QED) is 0.702. The van der Waals surface area contributed by atoms with Gasteiger partial charge in [-0.2, -0.15) is 0 Å². The molecule has 1 aliphatic heterocycles. The monoisotopic (exact) mass is 379 g/mol. The summed E-state index contributed by atoms with van der Waals surface area (Å²) in [6.45, 7) is 7.94. The second-order valence-electron chi connectivity index (χ2n) is 7.20. The third-order valence-corrected chi connectivity index (χ3v) is 5.73. The summed E-state index contributed by atoms with van der Waals surface area (Å²) in [5.41, 5.74) is 7.60. The van der Waals surface area contributed by atoms with E-state index >= 15 is 0 Å². The van der Waals surface area contributed by atoms with Crippen molar-refractivity contribution in [2.75, 3.05) is 30.9 Å². The van der Waals surface area contributed by atoms with Crippen LogP contribution in [0.25, 0.3) is 10.9 Å². The number of methoxy groups -OCH3 is 1. The number of ether oxygens (including phenoxy) is 1. The summed E-state index contributed by atoms with van der Waals surface area (Å²) in [4.78, 5) is 23.3. The van der Waals surface area contributed by atoms with Gasteiger partial charge in [-0.25, -0.2) is 9.97 Å². The van der Waals surface area contributed by atoms with E-state index in [1.54, 1.807) is 12.4 Å². The Balaban J connectivity index is 1.96. The molecule has 2 aromatic heterocycles. The van der Waals surface area contributed by atoms with Gasteiger partial charge in [-0.3, -0.25) is 4.79 Å². The molecule has 0 unspecified atom stereocenters. The first kappa shape index (κ1) is 18.3. The van der Waals surface area contributed by atoms with E-state index < -0.39 is 0 Å². The molecule has 1 aromatic carbocycles. The van der Waals surface area contributed by atoms with E-state index in [0.717, 1.165) is 41.2 Å². The number of hydrogen-bond donors (Lipinski definition) is 1. The largest absolute Gasteiger partial charge is 0.469 e. The molecule has 7 nitrogen and oxygen atoms in total. The number of nitrogens with one attached hydrogen (secondary N) is 1. The lowest BCUT2D eigenvalue weighted by Crippen LogP contribution is -2.30. The summed E-state index contributed by atoms with van der Waals surface area (Å²) in [6.07, 6.45) is 3.84. The fraction of sp³-hybridized carbons (Fsp3) is 0.381. The van der Waals surface area contributed by atoms with Crippen LogP contribution in [0.2, 0.25) is 0 Å². The summed E-state index contributed by atoms with van der Waals surface area (Å²) < 4.78 is 7.29. The summed E-state index contributed by atoms with van der Waals surface area (Å²) in [5.74, 6) is 0.437. The number of anilines is 3. The maximum absolute atomic E-state index is 12.1. The lowest BCUT2D eigenvalue weighted by Gasteiger charge is -2.32. The molecule has 3 heterocycles. The van der Waals surface area contributed by atoms with Gasteiger partial charge in [-0.15, -0.1) is 0 Å². The number of aryl methyl sites for hydroxylation is 2. The number of nitrogens with zero attached hydrogens (tertiary/aromatic N) is 4. The zero-order chi connectivity index (χ0) is 20.0. The van der Waals surface area contributed by atoms with Crippen molar-refractivity contribution in [3.05, 3.63) is 40.8 Å². The number of aromatic nitrogens is 3. The van der Waals surface area contributed by atoms with Crippen molar-refractivity contribution in [3.63, 3.8) is 0 Å². The first-order valence-corrected chi connectivity index (χ1v) is 9.42. The fourth-order valence-corrected chi connectivity index (χ4v) is 4.18. The molecule has 0 spiro atoms. The Kier molecular flexibility index (Phi) is 4.45. The Labute approximate surface area is 164 Å². The molecule has 1 aliphatic rings. The Bertz CT molecular complexity index is 1070. The fourth-order valence-electron chi connectivity index (χ4n) is 4.18. The van der Waals surface area contributed by atoms with E-state index in [4.69, 9.17) is 4.74 Å². The minimum atomic E-state index is -0.231. The van der Waals surface area contributed by atoms with Gasteiger partial charge in [0.2, 0.25) is 5.95 Å². The van der Waals surface area contributed by atoms with Crippen molar-refractivity contribution in [2.45, 2.75) is 33.7 Å². The molecular weight excluding hydrogens is 354 g/mol. The third kappa shape index (κ3) is 2.69. The van der Waals surface area contributed by atoms with Crippen molar-refractivity contribution in [3.8, 4) is 0 Å². The first-order valence-electron chi connectivity index (χ1n) is 9.42. The molecule has 0 saturated heterocycles. The van der Waals surface area contributed by atoms with Crippen molar-refractivity contribution in [2.24, 2.45) is 0 Å². The van der Waals surface area contributed by atoms with E-state index in [1.807, 2.05) is 7.05 Å². The van der Waals surface area contributed by atoms with Crippen LogP contribution < -0.4 is 10.2 Å². The lowest BCUT2D eigenvalue weighted by atomic mass is 9.93. The van der Waals surface area contributed by atoms with Crippen LogP contribution in [0.1, 0.15) is 22.4 Å². The number of benzene rings is 1. The first-order chi connectivity index (χ1) is 13.5. The van der Waals surface area contributed by atoms with Crippen LogP contribution in [0, 0.1) is 20.8 Å². The van der Waals surface area contributed by atoms with Gasteiger partial charge in [0.25, 0.3) is 0 Å². The van der Waals surface area contributed by atoms with Gasteiger partial charge in [0.05, 0.1) is 42.8 Å².